The van der Waals surface area contributed by atoms with Crippen LogP contribution >= 0.6 is 0 Å². The van der Waals surface area contributed by atoms with E-state index in [2.05, 4.69) is 10.2 Å². The number of nitro benzene ring substituents is 1. The molecule has 0 aliphatic heterocycles. The Bertz CT molecular complexity index is 1030. The summed E-state index contributed by atoms with van der Waals surface area (Å²) in [5.41, 5.74) is -1.05. The largest absolute Gasteiger partial charge is 0.505 e. The number of nitrogens with zero attached hydrogens (tertiary/aromatic N) is 3. The monoisotopic (exact) mass is 367 g/mol. The van der Waals surface area contributed by atoms with Gasteiger partial charge in [0.15, 0.2) is 22.9 Å². The average molecular weight is 367 g/mol. The summed E-state index contributed by atoms with van der Waals surface area (Å²) in [5.74, 6) is -2.09. The van der Waals surface area contributed by atoms with Crippen LogP contribution in [0.25, 0.3) is 11.1 Å². The Morgan fingerprint density at radius 3 is 1.96 bits per heavy atom. The van der Waals surface area contributed by atoms with Gasteiger partial charge in [0.05, 0.1) is 11.0 Å². The molecule has 4 N–H and O–H groups in total. The lowest BCUT2D eigenvalue weighted by Crippen LogP contribution is -1.93. The molecule has 3 aromatic carbocycles. The Morgan fingerprint density at radius 2 is 1.37 bits per heavy atom. The highest BCUT2D eigenvalue weighted by Gasteiger charge is 2.26. The molecule has 0 spiro atoms. The molecule has 0 atom stereocenters. The van der Waals surface area contributed by atoms with E-state index in [1.807, 2.05) is 0 Å². The summed E-state index contributed by atoms with van der Waals surface area (Å²) in [6, 6.07) is 12.8. The van der Waals surface area contributed by atoms with Crippen molar-refractivity contribution in [2.45, 2.75) is 0 Å². The number of azo groups is 1. The molecule has 3 aromatic rings. The van der Waals surface area contributed by atoms with Gasteiger partial charge in [-0.3, -0.25) is 10.1 Å². The maximum absolute atomic E-state index is 11.3. The Kier molecular flexibility index (Phi) is 4.58. The highest BCUT2D eigenvalue weighted by Crippen LogP contribution is 2.49. The number of phenolic OH excluding ortho intramolecular Hbond substituents is 4. The second-order valence-electron chi connectivity index (χ2n) is 5.46. The molecule has 0 unspecified atom stereocenters. The first-order chi connectivity index (χ1) is 12.9. The van der Waals surface area contributed by atoms with Gasteiger partial charge in [-0.2, -0.15) is 0 Å². The van der Waals surface area contributed by atoms with E-state index in [9.17, 15) is 30.5 Å². The zero-order valence-corrected chi connectivity index (χ0v) is 13.6. The minimum atomic E-state index is -0.739. The standard InChI is InChI=1S/C18H13N3O6/c22-12-7-4-8-13(23)16(12)19-20-17-14(24)9-11(21(26)27)15(18(17)25)10-5-2-1-3-6-10/h1-9,22-25H. The molecule has 0 aromatic heterocycles. The molecule has 9 nitrogen and oxygen atoms in total. The molecule has 0 fully saturated rings. The van der Waals surface area contributed by atoms with Gasteiger partial charge in [-0.05, 0) is 17.7 Å². The van der Waals surface area contributed by atoms with E-state index < -0.39 is 27.8 Å². The molecule has 27 heavy (non-hydrogen) atoms. The topological polar surface area (TPSA) is 149 Å². The van der Waals surface area contributed by atoms with Crippen LogP contribution in [0, 0.1) is 10.1 Å². The summed E-state index contributed by atoms with van der Waals surface area (Å²) in [4.78, 5) is 10.6. The maximum atomic E-state index is 11.3. The molecule has 0 amide bonds. The number of hydrogen-bond acceptors (Lipinski definition) is 8. The molecule has 0 saturated heterocycles. The molecule has 136 valence electrons. The number of aromatic hydroxyl groups is 4. The first kappa shape index (κ1) is 17.7. The predicted molar refractivity (Wildman–Crippen MR) is 95.8 cm³/mol. The van der Waals surface area contributed by atoms with Gasteiger partial charge in [-0.25, -0.2) is 0 Å². The fourth-order valence-corrected chi connectivity index (χ4v) is 2.48. The molecular weight excluding hydrogens is 354 g/mol. The molecule has 0 heterocycles. The SMILES string of the molecule is O=[N+]([O-])c1cc(O)c(N=Nc2c(O)cccc2O)c(O)c1-c1ccccc1. The van der Waals surface area contributed by atoms with Gasteiger partial charge < -0.3 is 20.4 Å². The lowest BCUT2D eigenvalue weighted by molar-refractivity contribution is -0.384. The fraction of sp³-hybridized carbons (Fsp3) is 0. The third kappa shape index (κ3) is 3.33. The quantitative estimate of drug-likeness (QED) is 0.303. The van der Waals surface area contributed by atoms with Crippen LogP contribution in [0.15, 0.2) is 64.8 Å². The third-order valence-electron chi connectivity index (χ3n) is 3.74. The van der Waals surface area contributed by atoms with E-state index in [1.54, 1.807) is 30.3 Å². The van der Waals surface area contributed by atoms with Crippen molar-refractivity contribution in [2.75, 3.05) is 0 Å². The van der Waals surface area contributed by atoms with E-state index in [-0.39, 0.29) is 22.7 Å². The van der Waals surface area contributed by atoms with Crippen LogP contribution in [0.1, 0.15) is 0 Å². The Hall–Kier alpha value is -4.14. The van der Waals surface area contributed by atoms with Crippen molar-refractivity contribution in [3.8, 4) is 34.1 Å². The van der Waals surface area contributed by atoms with Crippen LogP contribution in [0.3, 0.4) is 0 Å². The highest BCUT2D eigenvalue weighted by atomic mass is 16.6. The minimum absolute atomic E-state index is 0.145. The van der Waals surface area contributed by atoms with E-state index in [0.29, 0.717) is 5.56 Å². The van der Waals surface area contributed by atoms with Gasteiger partial charge in [0.2, 0.25) is 0 Å². The molecule has 0 radical (unpaired) electrons. The lowest BCUT2D eigenvalue weighted by Gasteiger charge is -2.09. The van der Waals surface area contributed by atoms with E-state index in [4.69, 9.17) is 0 Å². The fourth-order valence-electron chi connectivity index (χ4n) is 2.48. The first-order valence-corrected chi connectivity index (χ1v) is 7.61. The molecular formula is C18H13N3O6. The highest BCUT2D eigenvalue weighted by molar-refractivity contribution is 5.87. The number of benzene rings is 3. The normalized spacial score (nSPS) is 11.0. The van der Waals surface area contributed by atoms with Crippen LogP contribution in [-0.4, -0.2) is 25.3 Å². The zero-order chi connectivity index (χ0) is 19.6. The van der Waals surface area contributed by atoms with Gasteiger partial charge in [0, 0.05) is 0 Å². The maximum Gasteiger partial charge on any atom is 0.284 e. The summed E-state index contributed by atoms with van der Waals surface area (Å²) in [6.07, 6.45) is 0. The molecule has 0 aliphatic carbocycles. The van der Waals surface area contributed by atoms with Crippen molar-refractivity contribution in [3.05, 3.63) is 64.7 Å². The van der Waals surface area contributed by atoms with Crippen LogP contribution in [-0.2, 0) is 0 Å². The van der Waals surface area contributed by atoms with E-state index in [0.717, 1.165) is 6.07 Å². The van der Waals surface area contributed by atoms with Gasteiger partial charge in [0.25, 0.3) is 5.69 Å². The van der Waals surface area contributed by atoms with Crippen LogP contribution in [0.5, 0.6) is 23.0 Å². The van der Waals surface area contributed by atoms with Crippen LogP contribution < -0.4 is 0 Å². The van der Waals surface area contributed by atoms with E-state index in [1.165, 1.54) is 18.2 Å². The summed E-state index contributed by atoms with van der Waals surface area (Å²) in [7, 11) is 0. The first-order valence-electron chi connectivity index (χ1n) is 7.61. The van der Waals surface area contributed by atoms with Crippen molar-refractivity contribution < 1.29 is 25.3 Å². The summed E-state index contributed by atoms with van der Waals surface area (Å²) in [6.45, 7) is 0. The number of rotatable bonds is 4. The smallest absolute Gasteiger partial charge is 0.284 e. The van der Waals surface area contributed by atoms with Crippen molar-refractivity contribution in [1.29, 1.82) is 0 Å². The predicted octanol–water partition coefficient (Wildman–Crippen LogP) is 4.50. The molecule has 0 saturated carbocycles. The lowest BCUT2D eigenvalue weighted by atomic mass is 10.0. The Labute approximate surface area is 152 Å². The summed E-state index contributed by atoms with van der Waals surface area (Å²) < 4.78 is 0. The van der Waals surface area contributed by atoms with E-state index >= 15 is 0 Å². The van der Waals surface area contributed by atoms with Crippen LogP contribution in [0.4, 0.5) is 17.1 Å². The second-order valence-corrected chi connectivity index (χ2v) is 5.46. The van der Waals surface area contributed by atoms with Crippen molar-refractivity contribution in [2.24, 2.45) is 10.2 Å². The van der Waals surface area contributed by atoms with Gasteiger partial charge >= 0.3 is 0 Å². The van der Waals surface area contributed by atoms with Gasteiger partial charge in [-0.1, -0.05) is 36.4 Å². The van der Waals surface area contributed by atoms with Gasteiger partial charge in [0.1, 0.15) is 17.1 Å². The van der Waals surface area contributed by atoms with Crippen molar-refractivity contribution in [3.63, 3.8) is 0 Å². The average Bonchev–Trinajstić information content (AvgIpc) is 2.63. The summed E-state index contributed by atoms with van der Waals surface area (Å²) >= 11 is 0. The number of phenols is 4. The Balaban J connectivity index is 2.20. The van der Waals surface area contributed by atoms with Gasteiger partial charge in [-0.15, -0.1) is 10.2 Å². The minimum Gasteiger partial charge on any atom is -0.505 e. The van der Waals surface area contributed by atoms with Crippen LogP contribution in [0.2, 0.25) is 0 Å². The van der Waals surface area contributed by atoms with Crippen molar-refractivity contribution in [1.82, 2.24) is 0 Å². The second kappa shape index (κ2) is 7.00. The number of hydrogen-bond donors (Lipinski definition) is 4. The third-order valence-corrected chi connectivity index (χ3v) is 3.74. The number of nitro groups is 1. The zero-order valence-electron chi connectivity index (χ0n) is 13.6. The molecule has 0 aliphatic rings. The summed E-state index contributed by atoms with van der Waals surface area (Å²) in [5, 5.41) is 58.7. The molecule has 9 heteroatoms. The molecule has 3 rings (SSSR count). The molecule has 0 bridgehead atoms. The Morgan fingerprint density at radius 1 is 0.778 bits per heavy atom. The van der Waals surface area contributed by atoms with Crippen molar-refractivity contribution >= 4 is 17.1 Å².